The Morgan fingerprint density at radius 2 is 1.14 bits per heavy atom. The smallest absolute Gasteiger partial charge is 0.524 e. The van der Waals surface area contributed by atoms with Crippen LogP contribution in [0.15, 0.2) is 24.3 Å². The number of hydrogen-bond donors (Lipinski definition) is 0. The SMILES string of the molecule is C[Si-]1N(CC(C)(C)C)c2ccccc2N1CC(C)(C)C.[Li+]. The van der Waals surface area contributed by atoms with E-state index in [9.17, 15) is 0 Å². The molecule has 0 spiro atoms. The first kappa shape index (κ1) is 18.7. The Bertz CT molecular complexity index is 433. The summed E-state index contributed by atoms with van der Waals surface area (Å²) in [5.74, 6) is 0. The van der Waals surface area contributed by atoms with Crippen LogP contribution in [0.25, 0.3) is 0 Å². The number of nitrogens with zero attached hydrogens (tertiary/aromatic N) is 2. The summed E-state index contributed by atoms with van der Waals surface area (Å²) in [6, 6.07) is 8.92. The van der Waals surface area contributed by atoms with Gasteiger partial charge in [0.05, 0.1) is 0 Å². The molecule has 0 radical (unpaired) electrons. The van der Waals surface area contributed by atoms with Gasteiger partial charge in [-0.1, -0.05) is 53.7 Å². The molecule has 1 aliphatic heterocycles. The van der Waals surface area contributed by atoms with E-state index in [1.165, 1.54) is 11.4 Å². The molecule has 1 heterocycles. The van der Waals surface area contributed by atoms with Gasteiger partial charge in [-0.25, -0.2) is 0 Å². The molecule has 0 unspecified atom stereocenters. The average Bonchev–Trinajstić information content (AvgIpc) is 2.52. The summed E-state index contributed by atoms with van der Waals surface area (Å²) >= 11 is 0. The van der Waals surface area contributed by atoms with Crippen LogP contribution >= 0.6 is 0 Å². The zero-order valence-electron chi connectivity index (χ0n) is 15.1. The maximum Gasteiger partial charge on any atom is 1.00 e. The van der Waals surface area contributed by atoms with Gasteiger partial charge in [-0.05, 0) is 45.2 Å². The summed E-state index contributed by atoms with van der Waals surface area (Å²) in [7, 11) is -0.690. The van der Waals surface area contributed by atoms with Crippen LogP contribution in [0.1, 0.15) is 41.5 Å². The van der Waals surface area contributed by atoms with E-state index < -0.39 is 9.12 Å². The van der Waals surface area contributed by atoms with Gasteiger partial charge >= 0.3 is 18.9 Å². The molecule has 4 heteroatoms. The number of hydrogen-bond acceptors (Lipinski definition) is 2. The van der Waals surface area contributed by atoms with Crippen LogP contribution in [-0.2, 0) is 0 Å². The predicted octanol–water partition coefficient (Wildman–Crippen LogP) is 1.53. The van der Waals surface area contributed by atoms with Crippen molar-refractivity contribution in [2.24, 2.45) is 10.8 Å². The van der Waals surface area contributed by atoms with Crippen LogP contribution in [-0.4, -0.2) is 22.2 Å². The molecule has 1 aliphatic rings. The van der Waals surface area contributed by atoms with E-state index in [-0.39, 0.29) is 18.9 Å². The third-order valence-corrected chi connectivity index (χ3v) is 5.87. The first-order valence-electron chi connectivity index (χ1n) is 7.56. The summed E-state index contributed by atoms with van der Waals surface area (Å²) < 4.78 is 5.32. The minimum absolute atomic E-state index is 0. The molecular weight excluding hydrogens is 267 g/mol. The van der Waals surface area contributed by atoms with E-state index in [4.69, 9.17) is 0 Å². The van der Waals surface area contributed by atoms with E-state index in [2.05, 4.69) is 81.5 Å². The Balaban J connectivity index is 0.00000220. The molecule has 0 fully saturated rings. The van der Waals surface area contributed by atoms with Gasteiger partial charge in [0.2, 0.25) is 0 Å². The predicted molar refractivity (Wildman–Crippen MR) is 91.7 cm³/mol. The number of anilines is 2. The number of benzene rings is 1. The van der Waals surface area contributed by atoms with Crippen molar-refractivity contribution in [3.8, 4) is 0 Å². The molecular formula is C17H29LiN2Si. The van der Waals surface area contributed by atoms with Crippen molar-refractivity contribution in [3.05, 3.63) is 24.3 Å². The van der Waals surface area contributed by atoms with Crippen LogP contribution < -0.4 is 28.0 Å². The van der Waals surface area contributed by atoms with Gasteiger partial charge in [0.15, 0.2) is 0 Å². The Labute approximate surface area is 144 Å². The Hall–Kier alpha value is -0.366. The maximum atomic E-state index is 2.66. The first-order chi connectivity index (χ1) is 9.08. The van der Waals surface area contributed by atoms with Crippen molar-refractivity contribution < 1.29 is 18.9 Å². The second-order valence-electron chi connectivity index (χ2n) is 8.33. The molecule has 0 N–H and O–H groups in total. The summed E-state index contributed by atoms with van der Waals surface area (Å²) in [5, 5.41) is 0. The molecule has 2 nitrogen and oxygen atoms in total. The third-order valence-electron chi connectivity index (χ3n) is 3.51. The zero-order chi connectivity index (χ0) is 15.1. The van der Waals surface area contributed by atoms with Gasteiger partial charge in [-0.15, -0.1) is 0 Å². The number of fused-ring (bicyclic) bond motifs is 1. The van der Waals surface area contributed by atoms with E-state index in [1.807, 2.05) is 0 Å². The van der Waals surface area contributed by atoms with Crippen molar-refractivity contribution in [2.45, 2.75) is 48.1 Å². The molecule has 0 aliphatic carbocycles. The van der Waals surface area contributed by atoms with Crippen LogP contribution in [0.5, 0.6) is 0 Å². The van der Waals surface area contributed by atoms with Gasteiger partial charge in [0, 0.05) is 11.4 Å². The van der Waals surface area contributed by atoms with Crippen LogP contribution in [0, 0.1) is 10.8 Å². The second kappa shape index (κ2) is 6.40. The maximum absolute atomic E-state index is 2.66. The molecule has 1 aromatic carbocycles. The minimum Gasteiger partial charge on any atom is -0.524 e. The molecule has 0 aromatic heterocycles. The molecule has 0 atom stereocenters. The van der Waals surface area contributed by atoms with Crippen LogP contribution in [0.2, 0.25) is 6.55 Å². The Kier molecular flexibility index (Phi) is 5.70. The fraction of sp³-hybridized carbons (Fsp3) is 0.647. The van der Waals surface area contributed by atoms with Crippen molar-refractivity contribution in [1.82, 2.24) is 0 Å². The van der Waals surface area contributed by atoms with Crippen LogP contribution in [0.4, 0.5) is 11.4 Å². The van der Waals surface area contributed by atoms with Gasteiger partial charge in [0.1, 0.15) is 0 Å². The monoisotopic (exact) mass is 296 g/mol. The van der Waals surface area contributed by atoms with E-state index >= 15 is 0 Å². The number of rotatable bonds is 2. The quantitative estimate of drug-likeness (QED) is 0.764. The van der Waals surface area contributed by atoms with Gasteiger partial charge in [-0.2, -0.15) is 6.55 Å². The molecule has 0 saturated carbocycles. The topological polar surface area (TPSA) is 6.48 Å². The Morgan fingerprint density at radius 3 is 1.43 bits per heavy atom. The fourth-order valence-electron chi connectivity index (χ4n) is 2.76. The largest absolute Gasteiger partial charge is 1.00 e. The molecule has 21 heavy (non-hydrogen) atoms. The summed E-state index contributed by atoms with van der Waals surface area (Å²) in [4.78, 5) is 0. The number of para-hydroxylation sites is 2. The molecule has 112 valence electrons. The van der Waals surface area contributed by atoms with Crippen molar-refractivity contribution in [2.75, 3.05) is 22.2 Å². The standard InChI is InChI=1S/C17H29N2Si.Li/c1-16(2,3)12-18-14-10-8-9-11-15(14)19(20(18)7)13-17(4,5)6;/h8-11H,12-13H2,1-7H3;/q-1;+1. The fourth-order valence-corrected chi connectivity index (χ4v) is 5.54. The van der Waals surface area contributed by atoms with Gasteiger partial charge in [0.25, 0.3) is 0 Å². The first-order valence-corrected chi connectivity index (χ1v) is 9.46. The van der Waals surface area contributed by atoms with E-state index in [1.54, 1.807) is 0 Å². The van der Waals surface area contributed by atoms with Crippen molar-refractivity contribution >= 4 is 20.5 Å². The van der Waals surface area contributed by atoms with Crippen molar-refractivity contribution in [3.63, 3.8) is 0 Å². The molecule has 0 saturated heterocycles. The van der Waals surface area contributed by atoms with Gasteiger partial charge < -0.3 is 9.13 Å². The van der Waals surface area contributed by atoms with E-state index in [0.29, 0.717) is 10.8 Å². The van der Waals surface area contributed by atoms with Gasteiger partial charge in [-0.3, -0.25) is 0 Å². The summed E-state index contributed by atoms with van der Waals surface area (Å²) in [6.07, 6.45) is 0. The van der Waals surface area contributed by atoms with Crippen LogP contribution in [0.3, 0.4) is 0 Å². The molecule has 0 bridgehead atoms. The second-order valence-corrected chi connectivity index (χ2v) is 10.5. The minimum atomic E-state index is -0.690. The molecule has 1 aromatic rings. The van der Waals surface area contributed by atoms with E-state index in [0.717, 1.165) is 13.1 Å². The average molecular weight is 296 g/mol. The molecule has 0 amide bonds. The molecule has 2 rings (SSSR count). The van der Waals surface area contributed by atoms with Crippen molar-refractivity contribution in [1.29, 1.82) is 0 Å². The Morgan fingerprint density at radius 1 is 0.810 bits per heavy atom. The normalized spacial score (nSPS) is 16.0. The third kappa shape index (κ3) is 4.55. The summed E-state index contributed by atoms with van der Waals surface area (Å²) in [6.45, 7) is 18.7. The summed E-state index contributed by atoms with van der Waals surface area (Å²) in [5.41, 5.74) is 3.53. The zero-order valence-corrected chi connectivity index (χ0v) is 16.1.